The van der Waals surface area contributed by atoms with Crippen molar-refractivity contribution >= 4 is 23.3 Å². The highest BCUT2D eigenvalue weighted by atomic mass is 19.1. The van der Waals surface area contributed by atoms with Gasteiger partial charge in [0.25, 0.3) is 0 Å². The van der Waals surface area contributed by atoms with Gasteiger partial charge in [0.15, 0.2) is 0 Å². The van der Waals surface area contributed by atoms with Crippen molar-refractivity contribution in [3.63, 3.8) is 0 Å². The lowest BCUT2D eigenvalue weighted by molar-refractivity contribution is -0.140. The Kier molecular flexibility index (Phi) is 5.95. The first-order valence-electron chi connectivity index (χ1n) is 8.86. The third-order valence-electron chi connectivity index (χ3n) is 4.76. The molecule has 0 radical (unpaired) electrons. The standard InChI is InChI=1S/C19H23FN2O5/c1-25-18(23)14-11-27-12-22(17(14)19(24)26-2)16-10-13(20)6-7-15(16)21-8-4-3-5-9-21/h6-7,10H,3-5,8-9,11-12H2,1-2H3. The molecule has 0 aromatic heterocycles. The number of ether oxygens (including phenoxy) is 3. The summed E-state index contributed by atoms with van der Waals surface area (Å²) in [6, 6.07) is 4.43. The minimum Gasteiger partial charge on any atom is -0.466 e. The molecule has 2 heterocycles. The number of anilines is 2. The molecule has 0 saturated carbocycles. The minimum atomic E-state index is -0.701. The number of esters is 2. The van der Waals surface area contributed by atoms with Gasteiger partial charge in [-0.1, -0.05) is 0 Å². The smallest absolute Gasteiger partial charge is 0.355 e. The van der Waals surface area contributed by atoms with E-state index in [9.17, 15) is 14.0 Å². The summed E-state index contributed by atoms with van der Waals surface area (Å²) in [5, 5.41) is 0. The lowest BCUT2D eigenvalue weighted by Gasteiger charge is -2.36. The number of piperidine rings is 1. The van der Waals surface area contributed by atoms with Crippen molar-refractivity contribution in [2.75, 3.05) is 50.4 Å². The summed E-state index contributed by atoms with van der Waals surface area (Å²) in [5.74, 6) is -1.83. The highest BCUT2D eigenvalue weighted by Crippen LogP contribution is 2.36. The first-order valence-corrected chi connectivity index (χ1v) is 8.86. The maximum Gasteiger partial charge on any atom is 0.355 e. The van der Waals surface area contributed by atoms with Gasteiger partial charge in [-0.3, -0.25) is 0 Å². The topological polar surface area (TPSA) is 68.3 Å². The van der Waals surface area contributed by atoms with E-state index in [4.69, 9.17) is 14.2 Å². The van der Waals surface area contributed by atoms with Crippen LogP contribution in [0.1, 0.15) is 19.3 Å². The third-order valence-corrected chi connectivity index (χ3v) is 4.76. The molecule has 8 heteroatoms. The van der Waals surface area contributed by atoms with Crippen LogP contribution in [0.4, 0.5) is 15.8 Å². The molecule has 27 heavy (non-hydrogen) atoms. The van der Waals surface area contributed by atoms with Crippen LogP contribution in [0.3, 0.4) is 0 Å². The van der Waals surface area contributed by atoms with Gasteiger partial charge < -0.3 is 24.0 Å². The van der Waals surface area contributed by atoms with Gasteiger partial charge in [0, 0.05) is 13.1 Å². The predicted molar refractivity (Wildman–Crippen MR) is 96.8 cm³/mol. The summed E-state index contributed by atoms with van der Waals surface area (Å²) in [6.07, 6.45) is 3.24. The zero-order valence-electron chi connectivity index (χ0n) is 15.5. The van der Waals surface area contributed by atoms with E-state index in [1.807, 2.05) is 0 Å². The maximum absolute atomic E-state index is 14.1. The van der Waals surface area contributed by atoms with Crippen molar-refractivity contribution < 1.29 is 28.2 Å². The second-order valence-electron chi connectivity index (χ2n) is 6.40. The summed E-state index contributed by atoms with van der Waals surface area (Å²) in [4.78, 5) is 28.2. The minimum absolute atomic E-state index is 0.00474. The van der Waals surface area contributed by atoms with Gasteiger partial charge in [0.1, 0.15) is 18.2 Å². The monoisotopic (exact) mass is 378 g/mol. The third kappa shape index (κ3) is 3.90. The van der Waals surface area contributed by atoms with Gasteiger partial charge in [0.05, 0.1) is 37.8 Å². The molecular formula is C19H23FN2O5. The molecule has 0 amide bonds. The Labute approximate surface area is 157 Å². The van der Waals surface area contributed by atoms with Gasteiger partial charge in [-0.25, -0.2) is 14.0 Å². The lowest BCUT2D eigenvalue weighted by atomic mass is 10.1. The van der Waals surface area contributed by atoms with E-state index in [1.54, 1.807) is 6.07 Å². The fourth-order valence-electron chi connectivity index (χ4n) is 3.45. The first kappa shape index (κ1) is 19.2. The van der Waals surface area contributed by atoms with Crippen LogP contribution in [-0.4, -0.2) is 52.6 Å². The zero-order chi connectivity index (χ0) is 19.4. The summed E-state index contributed by atoms with van der Waals surface area (Å²) < 4.78 is 29.2. The molecule has 0 spiro atoms. The number of halogens is 1. The van der Waals surface area contributed by atoms with Crippen LogP contribution in [0.15, 0.2) is 29.5 Å². The van der Waals surface area contributed by atoms with Crippen molar-refractivity contribution in [3.8, 4) is 0 Å². The normalized spacial score (nSPS) is 17.7. The average molecular weight is 378 g/mol. The molecule has 3 rings (SSSR count). The molecule has 0 atom stereocenters. The van der Waals surface area contributed by atoms with Crippen LogP contribution in [-0.2, 0) is 23.8 Å². The Hall–Kier alpha value is -2.61. The summed E-state index contributed by atoms with van der Waals surface area (Å²) in [5.41, 5.74) is 1.30. The number of carbonyl (C=O) groups is 2. The number of rotatable bonds is 4. The van der Waals surface area contributed by atoms with Crippen LogP contribution < -0.4 is 9.80 Å². The van der Waals surface area contributed by atoms with E-state index >= 15 is 0 Å². The van der Waals surface area contributed by atoms with Crippen molar-refractivity contribution in [1.29, 1.82) is 0 Å². The molecule has 1 saturated heterocycles. The van der Waals surface area contributed by atoms with Crippen LogP contribution in [0, 0.1) is 5.82 Å². The summed E-state index contributed by atoms with van der Waals surface area (Å²) >= 11 is 0. The average Bonchev–Trinajstić information content (AvgIpc) is 2.72. The van der Waals surface area contributed by atoms with Crippen molar-refractivity contribution in [2.45, 2.75) is 19.3 Å². The quantitative estimate of drug-likeness (QED) is 0.744. The molecule has 0 unspecified atom stereocenters. The molecule has 2 aliphatic heterocycles. The highest BCUT2D eigenvalue weighted by molar-refractivity contribution is 6.04. The van der Waals surface area contributed by atoms with Crippen LogP contribution >= 0.6 is 0 Å². The Morgan fingerprint density at radius 2 is 1.74 bits per heavy atom. The van der Waals surface area contributed by atoms with Gasteiger partial charge in [-0.05, 0) is 37.5 Å². The SMILES string of the molecule is COC(=O)C1=C(C(=O)OC)N(c2cc(F)ccc2N2CCCCC2)COC1. The number of nitrogens with zero attached hydrogens (tertiary/aromatic N) is 2. The Morgan fingerprint density at radius 3 is 2.41 bits per heavy atom. The molecule has 0 bridgehead atoms. The Morgan fingerprint density at radius 1 is 1.04 bits per heavy atom. The lowest BCUT2D eigenvalue weighted by Crippen LogP contribution is -2.40. The first-order chi connectivity index (χ1) is 13.1. The van der Waals surface area contributed by atoms with Gasteiger partial charge in [-0.2, -0.15) is 0 Å². The Bertz CT molecular complexity index is 758. The number of methoxy groups -OCH3 is 2. The molecule has 1 aromatic rings. The number of carbonyl (C=O) groups excluding carboxylic acids is 2. The highest BCUT2D eigenvalue weighted by Gasteiger charge is 2.34. The molecule has 2 aliphatic rings. The van der Waals surface area contributed by atoms with E-state index in [2.05, 4.69) is 4.90 Å². The molecule has 1 fully saturated rings. The van der Waals surface area contributed by atoms with Crippen molar-refractivity contribution in [2.24, 2.45) is 0 Å². The molecule has 1 aromatic carbocycles. The van der Waals surface area contributed by atoms with Gasteiger partial charge in [-0.15, -0.1) is 0 Å². The largest absolute Gasteiger partial charge is 0.466 e. The van der Waals surface area contributed by atoms with Crippen LogP contribution in [0.2, 0.25) is 0 Å². The summed E-state index contributed by atoms with van der Waals surface area (Å²) in [6.45, 7) is 1.60. The van der Waals surface area contributed by atoms with E-state index in [-0.39, 0.29) is 24.6 Å². The van der Waals surface area contributed by atoms with Crippen LogP contribution in [0.5, 0.6) is 0 Å². The van der Waals surface area contributed by atoms with E-state index < -0.39 is 17.8 Å². The number of hydrogen-bond acceptors (Lipinski definition) is 7. The number of hydrogen-bond donors (Lipinski definition) is 0. The Balaban J connectivity index is 2.11. The molecule has 0 N–H and O–H groups in total. The second kappa shape index (κ2) is 8.39. The van der Waals surface area contributed by atoms with E-state index in [1.165, 1.54) is 31.3 Å². The fraction of sp³-hybridized carbons (Fsp3) is 0.474. The number of benzene rings is 1. The van der Waals surface area contributed by atoms with E-state index in [0.29, 0.717) is 5.69 Å². The molecule has 146 valence electrons. The maximum atomic E-state index is 14.1. The van der Waals surface area contributed by atoms with Crippen molar-refractivity contribution in [1.82, 2.24) is 0 Å². The zero-order valence-corrected chi connectivity index (χ0v) is 15.5. The molecular weight excluding hydrogens is 355 g/mol. The van der Waals surface area contributed by atoms with Crippen molar-refractivity contribution in [3.05, 3.63) is 35.3 Å². The second-order valence-corrected chi connectivity index (χ2v) is 6.40. The van der Waals surface area contributed by atoms with Gasteiger partial charge >= 0.3 is 11.9 Å². The predicted octanol–water partition coefficient (Wildman–Crippen LogP) is 2.21. The molecule has 0 aliphatic carbocycles. The fourth-order valence-corrected chi connectivity index (χ4v) is 3.45. The summed E-state index contributed by atoms with van der Waals surface area (Å²) in [7, 11) is 2.46. The van der Waals surface area contributed by atoms with Gasteiger partial charge in [0.2, 0.25) is 0 Å². The van der Waals surface area contributed by atoms with Crippen LogP contribution in [0.25, 0.3) is 0 Å². The van der Waals surface area contributed by atoms with E-state index in [0.717, 1.165) is 38.0 Å². The molecule has 7 nitrogen and oxygen atoms in total.